The average Bonchev–Trinajstić information content (AvgIpc) is 3.53. The molecule has 150 valence electrons. The number of aryl methyl sites for hydroxylation is 1. The Hall–Kier alpha value is -1.90. The topological polar surface area (TPSA) is 107 Å². The normalized spacial score (nSPS) is 18.3. The summed E-state index contributed by atoms with van der Waals surface area (Å²) in [4.78, 5) is 25.2. The van der Waals surface area contributed by atoms with Crippen LogP contribution in [-0.4, -0.2) is 55.2 Å². The Balaban J connectivity index is 1.69. The van der Waals surface area contributed by atoms with Gasteiger partial charge in [-0.1, -0.05) is 0 Å². The van der Waals surface area contributed by atoms with Crippen LogP contribution in [0.2, 0.25) is 0 Å². The van der Waals surface area contributed by atoms with E-state index in [9.17, 15) is 18.0 Å². The Labute approximate surface area is 159 Å². The molecular weight excluding hydrogens is 370 g/mol. The fourth-order valence-corrected chi connectivity index (χ4v) is 4.38. The first kappa shape index (κ1) is 19.9. The summed E-state index contributed by atoms with van der Waals surface area (Å²) >= 11 is 0. The van der Waals surface area contributed by atoms with Crippen molar-refractivity contribution in [2.75, 3.05) is 19.1 Å². The van der Waals surface area contributed by atoms with Gasteiger partial charge >= 0.3 is 5.97 Å². The van der Waals surface area contributed by atoms with Gasteiger partial charge in [-0.05, 0) is 55.9 Å². The molecule has 1 heterocycles. The van der Waals surface area contributed by atoms with Crippen molar-refractivity contribution in [1.82, 2.24) is 15.1 Å². The maximum absolute atomic E-state index is 12.8. The molecule has 0 radical (unpaired) electrons. The summed E-state index contributed by atoms with van der Waals surface area (Å²) in [5.74, 6) is 0.319. The lowest BCUT2D eigenvalue weighted by molar-refractivity contribution is -0.145. The van der Waals surface area contributed by atoms with Crippen LogP contribution in [0, 0.1) is 17.8 Å². The van der Waals surface area contributed by atoms with Crippen molar-refractivity contribution in [3.8, 4) is 0 Å². The highest BCUT2D eigenvalue weighted by Gasteiger charge is 2.48. The van der Waals surface area contributed by atoms with E-state index >= 15 is 0 Å². The second-order valence-electron chi connectivity index (χ2n) is 7.65. The molecule has 8 nitrogen and oxygen atoms in total. The summed E-state index contributed by atoms with van der Waals surface area (Å²) < 4.78 is 29.0. The van der Waals surface area contributed by atoms with Crippen molar-refractivity contribution in [2.45, 2.75) is 44.7 Å². The molecule has 2 aliphatic carbocycles. The fourth-order valence-electron chi connectivity index (χ4n) is 3.73. The number of carbonyl (C=O) groups excluding carboxylic acids is 2. The zero-order chi connectivity index (χ0) is 19.6. The molecule has 0 aromatic carbocycles. The smallest absolute Gasteiger partial charge is 0.328 e. The largest absolute Gasteiger partial charge is 0.467 e. The van der Waals surface area contributed by atoms with Gasteiger partial charge in [-0.15, -0.1) is 0 Å². The fraction of sp³-hybridized carbons (Fsp3) is 0.722. The van der Waals surface area contributed by atoms with E-state index in [1.807, 2.05) is 0 Å². The van der Waals surface area contributed by atoms with Gasteiger partial charge in [0, 0.05) is 19.0 Å². The minimum absolute atomic E-state index is 0.0319. The molecule has 0 aliphatic heterocycles. The summed E-state index contributed by atoms with van der Waals surface area (Å²) in [5.41, 5.74) is 0.322. The standard InChI is InChI=1S/C18H27N3O5S/c1-26-18(23)16(15(12-4-5-12)13-6-7-13)20-17(22)14-8-9-19-21(14)10-3-11-27(2,24)25/h8-9,12-13,15-16H,3-7,10-11H2,1-2H3,(H,20,22)/t16-/m0/s1. The minimum Gasteiger partial charge on any atom is -0.467 e. The lowest BCUT2D eigenvalue weighted by atomic mass is 9.89. The highest BCUT2D eigenvalue weighted by molar-refractivity contribution is 7.90. The maximum atomic E-state index is 12.8. The molecule has 1 aromatic heterocycles. The number of methoxy groups -OCH3 is 1. The number of aromatic nitrogens is 2. The molecule has 3 rings (SSSR count). The molecular formula is C18H27N3O5S. The number of carbonyl (C=O) groups is 2. The molecule has 0 spiro atoms. The average molecular weight is 397 g/mol. The van der Waals surface area contributed by atoms with Crippen LogP contribution in [0.5, 0.6) is 0 Å². The third kappa shape index (κ3) is 5.31. The third-order valence-electron chi connectivity index (χ3n) is 5.29. The number of nitrogens with one attached hydrogen (secondary N) is 1. The number of ether oxygens (including phenoxy) is 1. The minimum atomic E-state index is -3.06. The summed E-state index contributed by atoms with van der Waals surface area (Å²) in [5, 5.41) is 6.98. The SMILES string of the molecule is COC(=O)[C@@H](NC(=O)c1ccnn1CCCS(C)(=O)=O)C(C1CC1)C1CC1. The molecule has 9 heteroatoms. The van der Waals surface area contributed by atoms with Gasteiger partial charge in [0.15, 0.2) is 0 Å². The highest BCUT2D eigenvalue weighted by Crippen LogP contribution is 2.50. The van der Waals surface area contributed by atoms with Crippen LogP contribution in [0.4, 0.5) is 0 Å². The Kier molecular flexibility index (Phi) is 5.88. The van der Waals surface area contributed by atoms with Crippen LogP contribution >= 0.6 is 0 Å². The molecule has 2 fully saturated rings. The monoisotopic (exact) mass is 397 g/mol. The van der Waals surface area contributed by atoms with Crippen molar-refractivity contribution in [3.05, 3.63) is 18.0 Å². The van der Waals surface area contributed by atoms with Crippen LogP contribution in [0.3, 0.4) is 0 Å². The van der Waals surface area contributed by atoms with E-state index in [-0.39, 0.29) is 17.6 Å². The van der Waals surface area contributed by atoms with Crippen LogP contribution in [0.15, 0.2) is 12.3 Å². The van der Waals surface area contributed by atoms with E-state index in [1.54, 1.807) is 6.07 Å². The Morgan fingerprint density at radius 1 is 1.30 bits per heavy atom. The van der Waals surface area contributed by atoms with Gasteiger partial charge in [-0.2, -0.15) is 5.10 Å². The van der Waals surface area contributed by atoms with Crippen LogP contribution in [0.25, 0.3) is 0 Å². The molecule has 0 bridgehead atoms. The Morgan fingerprint density at radius 2 is 1.93 bits per heavy atom. The number of esters is 1. The van der Waals surface area contributed by atoms with Gasteiger partial charge in [0.25, 0.3) is 5.91 Å². The van der Waals surface area contributed by atoms with Gasteiger partial charge in [0.05, 0.1) is 12.9 Å². The first-order chi connectivity index (χ1) is 12.8. The summed E-state index contributed by atoms with van der Waals surface area (Å²) in [6.45, 7) is 0.320. The predicted octanol–water partition coefficient (Wildman–Crippen LogP) is 1.03. The van der Waals surface area contributed by atoms with Gasteiger partial charge in [0.2, 0.25) is 0 Å². The Bertz CT molecular complexity index is 784. The predicted molar refractivity (Wildman–Crippen MR) is 98.8 cm³/mol. The van der Waals surface area contributed by atoms with Gasteiger partial charge in [0.1, 0.15) is 21.6 Å². The van der Waals surface area contributed by atoms with Gasteiger partial charge in [-0.25, -0.2) is 13.2 Å². The zero-order valence-corrected chi connectivity index (χ0v) is 16.6. The van der Waals surface area contributed by atoms with Gasteiger partial charge < -0.3 is 10.1 Å². The van der Waals surface area contributed by atoms with Crippen molar-refractivity contribution >= 4 is 21.7 Å². The summed E-state index contributed by atoms with van der Waals surface area (Å²) in [6.07, 6.45) is 7.42. The van der Waals surface area contributed by atoms with Crippen molar-refractivity contribution in [1.29, 1.82) is 0 Å². The lowest BCUT2D eigenvalue weighted by Gasteiger charge is -2.26. The van der Waals surface area contributed by atoms with E-state index in [0.717, 1.165) is 25.7 Å². The number of rotatable bonds is 10. The van der Waals surface area contributed by atoms with Crippen molar-refractivity contribution in [2.24, 2.45) is 17.8 Å². The molecule has 2 saturated carbocycles. The van der Waals surface area contributed by atoms with E-state index in [2.05, 4.69) is 10.4 Å². The van der Waals surface area contributed by atoms with Gasteiger partial charge in [-0.3, -0.25) is 9.48 Å². The lowest BCUT2D eigenvalue weighted by Crippen LogP contribution is -2.48. The third-order valence-corrected chi connectivity index (χ3v) is 6.32. The number of hydrogen-bond acceptors (Lipinski definition) is 6. The second-order valence-corrected chi connectivity index (χ2v) is 9.91. The molecule has 0 unspecified atom stereocenters. The molecule has 1 aromatic rings. The van der Waals surface area contributed by atoms with Crippen LogP contribution in [0.1, 0.15) is 42.6 Å². The highest BCUT2D eigenvalue weighted by atomic mass is 32.2. The Morgan fingerprint density at radius 3 is 2.44 bits per heavy atom. The number of nitrogens with zero attached hydrogens (tertiary/aromatic N) is 2. The molecule has 1 N–H and O–H groups in total. The number of hydrogen-bond donors (Lipinski definition) is 1. The van der Waals surface area contributed by atoms with E-state index in [0.29, 0.717) is 30.5 Å². The first-order valence-electron chi connectivity index (χ1n) is 9.38. The molecule has 1 amide bonds. The molecule has 2 aliphatic rings. The zero-order valence-electron chi connectivity index (χ0n) is 15.8. The number of sulfone groups is 1. The van der Waals surface area contributed by atoms with E-state index in [4.69, 9.17) is 4.74 Å². The molecule has 27 heavy (non-hydrogen) atoms. The van der Waals surface area contributed by atoms with Crippen molar-refractivity contribution in [3.63, 3.8) is 0 Å². The summed E-state index contributed by atoms with van der Waals surface area (Å²) in [6, 6.07) is 0.926. The van der Waals surface area contributed by atoms with Crippen LogP contribution < -0.4 is 5.32 Å². The molecule has 0 saturated heterocycles. The van der Waals surface area contributed by atoms with Crippen molar-refractivity contribution < 1.29 is 22.7 Å². The van der Waals surface area contributed by atoms with E-state index in [1.165, 1.54) is 24.2 Å². The number of amides is 1. The van der Waals surface area contributed by atoms with E-state index < -0.39 is 21.8 Å². The quantitative estimate of drug-likeness (QED) is 0.591. The maximum Gasteiger partial charge on any atom is 0.328 e. The summed E-state index contributed by atoms with van der Waals surface area (Å²) in [7, 11) is -1.72. The van der Waals surface area contributed by atoms with Crippen LogP contribution in [-0.2, 0) is 25.9 Å². The molecule has 1 atom stereocenters. The second kappa shape index (κ2) is 8.00. The first-order valence-corrected chi connectivity index (χ1v) is 11.4.